The van der Waals surface area contributed by atoms with E-state index in [1.165, 1.54) is 0 Å². The zero-order valence-corrected chi connectivity index (χ0v) is 27.0. The maximum Gasteiger partial charge on any atom is 0.432 e. The number of unbranched alkanes of at least 4 members (excludes halogenated alkanes) is 1. The topological polar surface area (TPSA) is 9.23 Å². The van der Waals surface area contributed by atoms with Gasteiger partial charge in [-0.1, -0.05) is 54.1 Å². The van der Waals surface area contributed by atoms with Crippen molar-refractivity contribution in [3.63, 3.8) is 0 Å². The third-order valence-corrected chi connectivity index (χ3v) is 8.09. The van der Waals surface area contributed by atoms with Crippen molar-refractivity contribution >= 4 is 11.6 Å². The molecule has 0 aliphatic heterocycles. The largest absolute Gasteiger partial charge is 0.432 e. The molecule has 51 heavy (non-hydrogen) atoms. The lowest BCUT2D eigenvalue weighted by Gasteiger charge is -2.21. The normalized spacial score (nSPS) is 11.7. The lowest BCUT2D eigenvalue weighted by Crippen LogP contribution is -2.25. The van der Waals surface area contributed by atoms with Crippen LogP contribution in [0.5, 0.6) is 5.75 Å². The van der Waals surface area contributed by atoms with Gasteiger partial charge in [-0.3, -0.25) is 0 Å². The van der Waals surface area contributed by atoms with E-state index < -0.39 is 91.2 Å². The molecule has 5 aromatic carbocycles. The number of allylic oxidation sites excluding steroid dienone is 3. The van der Waals surface area contributed by atoms with E-state index in [0.717, 1.165) is 24.8 Å². The highest BCUT2D eigenvalue weighted by molar-refractivity contribution is 6.33. The minimum atomic E-state index is -4.69. The average molecular weight is 735 g/mol. The second-order valence-corrected chi connectivity index (χ2v) is 11.7. The molecule has 0 aliphatic carbocycles. The monoisotopic (exact) mass is 734 g/mol. The first-order valence-corrected chi connectivity index (χ1v) is 15.6. The summed E-state index contributed by atoms with van der Waals surface area (Å²) in [7, 11) is 0. The quantitative estimate of drug-likeness (QED) is 0.0537. The van der Waals surface area contributed by atoms with Crippen LogP contribution in [0.25, 0.3) is 33.4 Å². The standard InChI is InChI=1S/C39H25ClF10O/c1-2-3-4-5-6-7-8-21-9-11-22(12-10-21)23-13-31(44)37(32(45)14-23)39(49,50)51-26-19-27(40)35(30(43)20-26)24-15-28(41)36(29(42)16-24)25-17-33(46)38(48)34(47)18-25/h2,5-6,9-20H,1,3-4,7-8H2. The molecule has 5 aromatic rings. The fourth-order valence-electron chi connectivity index (χ4n) is 5.36. The summed E-state index contributed by atoms with van der Waals surface area (Å²) in [6, 6.07) is 10.9. The van der Waals surface area contributed by atoms with Gasteiger partial charge in [0.15, 0.2) is 17.5 Å². The molecular formula is C39H25ClF10O. The van der Waals surface area contributed by atoms with Gasteiger partial charge in [-0.25, -0.2) is 35.1 Å². The molecular weight excluding hydrogens is 710 g/mol. The summed E-state index contributed by atoms with van der Waals surface area (Å²) in [5.41, 5.74) is -3.42. The Balaban J connectivity index is 1.36. The van der Waals surface area contributed by atoms with Crippen LogP contribution in [0.2, 0.25) is 5.02 Å². The zero-order valence-electron chi connectivity index (χ0n) is 26.3. The van der Waals surface area contributed by atoms with E-state index in [0.29, 0.717) is 60.5 Å². The fraction of sp³-hybridized carbons (Fsp3) is 0.128. The Morgan fingerprint density at radius 2 is 1.08 bits per heavy atom. The molecule has 0 amide bonds. The van der Waals surface area contributed by atoms with Gasteiger partial charge >= 0.3 is 6.11 Å². The van der Waals surface area contributed by atoms with Crippen LogP contribution >= 0.6 is 11.6 Å². The van der Waals surface area contributed by atoms with Crippen LogP contribution in [0.4, 0.5) is 43.9 Å². The van der Waals surface area contributed by atoms with Crippen LogP contribution in [0.15, 0.2) is 97.6 Å². The molecule has 0 aromatic heterocycles. The van der Waals surface area contributed by atoms with E-state index in [1.54, 1.807) is 24.3 Å². The first-order valence-electron chi connectivity index (χ1n) is 15.2. The molecule has 0 radical (unpaired) electrons. The second kappa shape index (κ2) is 15.5. The van der Waals surface area contributed by atoms with Gasteiger partial charge in [0.1, 0.15) is 40.4 Å². The molecule has 0 heterocycles. The first-order chi connectivity index (χ1) is 24.2. The molecule has 264 valence electrons. The summed E-state index contributed by atoms with van der Waals surface area (Å²) in [6.07, 6.45) is 4.46. The van der Waals surface area contributed by atoms with Crippen LogP contribution in [0.3, 0.4) is 0 Å². The third-order valence-electron chi connectivity index (χ3n) is 7.79. The summed E-state index contributed by atoms with van der Waals surface area (Å²) in [5.74, 6) is -13.9. The van der Waals surface area contributed by atoms with Crippen molar-refractivity contribution in [2.24, 2.45) is 0 Å². The molecule has 0 atom stereocenters. The Morgan fingerprint density at radius 3 is 1.65 bits per heavy atom. The van der Waals surface area contributed by atoms with Crippen LogP contribution in [-0.2, 0) is 12.5 Å². The molecule has 0 N–H and O–H groups in total. The number of rotatable bonds is 12. The number of halogens is 11. The Kier molecular flexibility index (Phi) is 11.3. The second-order valence-electron chi connectivity index (χ2n) is 11.3. The van der Waals surface area contributed by atoms with Gasteiger partial charge in [0.2, 0.25) is 0 Å². The molecule has 0 aliphatic rings. The number of alkyl halides is 2. The molecule has 0 saturated carbocycles. The summed E-state index contributed by atoms with van der Waals surface area (Å²) in [6.45, 7) is 3.66. The summed E-state index contributed by atoms with van der Waals surface area (Å²) >= 11 is 6.08. The smallest absolute Gasteiger partial charge is 0.429 e. The molecule has 5 rings (SSSR count). The van der Waals surface area contributed by atoms with Crippen molar-refractivity contribution in [3.05, 3.63) is 160 Å². The minimum absolute atomic E-state index is 0.0287. The fourth-order valence-corrected chi connectivity index (χ4v) is 5.67. The lowest BCUT2D eigenvalue weighted by molar-refractivity contribution is -0.189. The highest BCUT2D eigenvalue weighted by atomic mass is 35.5. The van der Waals surface area contributed by atoms with Gasteiger partial charge in [0, 0.05) is 11.6 Å². The van der Waals surface area contributed by atoms with Gasteiger partial charge in [0.05, 0.1) is 10.6 Å². The SMILES string of the molecule is C=CCCC=CCCc1ccc(-c2cc(F)c(C(F)(F)Oc3cc(F)c(-c4cc(F)c(-c5cc(F)c(F)c(F)c5)c(F)c4)c(Cl)c3)c(F)c2)cc1. The molecule has 0 saturated heterocycles. The molecule has 0 spiro atoms. The van der Waals surface area contributed by atoms with Crippen molar-refractivity contribution in [3.8, 4) is 39.1 Å². The van der Waals surface area contributed by atoms with E-state index in [4.69, 9.17) is 11.6 Å². The van der Waals surface area contributed by atoms with Crippen LogP contribution in [0.1, 0.15) is 30.4 Å². The summed E-state index contributed by atoms with van der Waals surface area (Å²) < 4.78 is 151. The van der Waals surface area contributed by atoms with Crippen molar-refractivity contribution in [1.82, 2.24) is 0 Å². The van der Waals surface area contributed by atoms with Gasteiger partial charge in [-0.2, -0.15) is 8.78 Å². The lowest BCUT2D eigenvalue weighted by atomic mass is 9.98. The van der Waals surface area contributed by atoms with Crippen LogP contribution < -0.4 is 4.74 Å². The Bertz CT molecular complexity index is 2030. The first kappa shape index (κ1) is 37.2. The summed E-state index contributed by atoms with van der Waals surface area (Å²) in [5, 5.41) is -0.699. The minimum Gasteiger partial charge on any atom is -0.429 e. The predicted molar refractivity (Wildman–Crippen MR) is 175 cm³/mol. The summed E-state index contributed by atoms with van der Waals surface area (Å²) in [4.78, 5) is 0. The van der Waals surface area contributed by atoms with E-state index in [2.05, 4.69) is 11.3 Å². The van der Waals surface area contributed by atoms with Crippen LogP contribution in [-0.4, -0.2) is 0 Å². The maximum atomic E-state index is 15.2. The molecule has 0 fully saturated rings. The van der Waals surface area contributed by atoms with E-state index >= 15 is 22.0 Å². The predicted octanol–water partition coefficient (Wildman–Crippen LogP) is 13.0. The molecule has 0 bridgehead atoms. The van der Waals surface area contributed by atoms with E-state index in [9.17, 15) is 22.0 Å². The van der Waals surface area contributed by atoms with Gasteiger partial charge < -0.3 is 4.74 Å². The van der Waals surface area contributed by atoms with E-state index in [1.807, 2.05) is 18.2 Å². The molecule has 1 nitrogen and oxygen atoms in total. The zero-order chi connectivity index (χ0) is 37.0. The van der Waals surface area contributed by atoms with E-state index in [-0.39, 0.29) is 5.56 Å². The van der Waals surface area contributed by atoms with Gasteiger partial charge in [-0.05, 0) is 96.0 Å². The number of ether oxygens (including phenoxy) is 1. The number of hydrogen-bond donors (Lipinski definition) is 0. The number of hydrogen-bond acceptors (Lipinski definition) is 1. The Labute approximate surface area is 291 Å². The van der Waals surface area contributed by atoms with Crippen molar-refractivity contribution in [2.45, 2.75) is 31.8 Å². The van der Waals surface area contributed by atoms with Gasteiger partial charge in [-0.15, -0.1) is 6.58 Å². The van der Waals surface area contributed by atoms with Gasteiger partial charge in [0.25, 0.3) is 0 Å². The van der Waals surface area contributed by atoms with Crippen LogP contribution in [0, 0.1) is 46.5 Å². The Hall–Kier alpha value is -5.03. The average Bonchev–Trinajstić information content (AvgIpc) is 3.04. The maximum absolute atomic E-state index is 15.2. The highest BCUT2D eigenvalue weighted by Gasteiger charge is 2.41. The number of aryl methyl sites for hydroxylation is 1. The van der Waals surface area contributed by atoms with Crippen molar-refractivity contribution in [1.29, 1.82) is 0 Å². The third kappa shape index (κ3) is 8.31. The molecule has 12 heteroatoms. The Morgan fingerprint density at radius 1 is 0.569 bits per heavy atom. The highest BCUT2D eigenvalue weighted by Crippen LogP contribution is 2.41. The number of benzene rings is 5. The van der Waals surface area contributed by atoms with Crippen molar-refractivity contribution in [2.75, 3.05) is 0 Å². The van der Waals surface area contributed by atoms with Crippen molar-refractivity contribution < 1.29 is 48.6 Å². The molecule has 0 unspecified atom stereocenters.